The van der Waals surface area contributed by atoms with E-state index in [-0.39, 0.29) is 0 Å². The van der Waals surface area contributed by atoms with Crippen molar-refractivity contribution in [3.63, 3.8) is 0 Å². The molecule has 40 valence electrons. The van der Waals surface area contributed by atoms with E-state index in [1.54, 1.807) is 6.92 Å². The third kappa shape index (κ3) is 2.99. The summed E-state index contributed by atoms with van der Waals surface area (Å²) in [7, 11) is 0. The predicted molar refractivity (Wildman–Crippen MR) is 28.6 cm³/mol. The Balaban J connectivity index is 3.49. The molecule has 0 aromatic rings. The lowest BCUT2D eigenvalue weighted by Gasteiger charge is -1.89. The van der Waals surface area contributed by atoms with Crippen molar-refractivity contribution in [3.8, 4) is 0 Å². The number of rotatable bonds is 1. The maximum Gasteiger partial charge on any atom is 0.210 e. The Kier molecular flexibility index (Phi) is 2.96. The van der Waals surface area contributed by atoms with Crippen LogP contribution in [0.2, 0.25) is 0 Å². The Morgan fingerprint density at radius 2 is 2.57 bits per heavy atom. The van der Waals surface area contributed by atoms with Gasteiger partial charge in [0.1, 0.15) is 0 Å². The number of hydrogen-bond acceptors (Lipinski definition) is 3. The molecule has 0 saturated heterocycles. The van der Waals surface area contributed by atoms with Gasteiger partial charge in [0.15, 0.2) is 0 Å². The third-order valence-corrected chi connectivity index (χ3v) is 0.444. The van der Waals surface area contributed by atoms with E-state index in [0.717, 1.165) is 0 Å². The van der Waals surface area contributed by atoms with Crippen LogP contribution in [-0.2, 0) is 4.84 Å². The van der Waals surface area contributed by atoms with Gasteiger partial charge < -0.3 is 4.84 Å². The summed E-state index contributed by atoms with van der Waals surface area (Å²) in [6, 6.07) is 0. The second kappa shape index (κ2) is 3.36. The smallest absolute Gasteiger partial charge is 0.210 e. The van der Waals surface area contributed by atoms with Gasteiger partial charge in [0, 0.05) is 13.1 Å². The van der Waals surface area contributed by atoms with E-state index in [1.807, 2.05) is 0 Å². The summed E-state index contributed by atoms with van der Waals surface area (Å²) in [6.07, 6.45) is 1.36. The second-order valence-corrected chi connectivity index (χ2v) is 0.949. The second-order valence-electron chi connectivity index (χ2n) is 0.949. The van der Waals surface area contributed by atoms with E-state index in [2.05, 4.69) is 22.3 Å². The minimum atomic E-state index is 0.412. The Labute approximate surface area is 42.4 Å². The first kappa shape index (κ1) is 6.17. The number of nitrogens with two attached hydrogens (primary N) is 1. The maximum absolute atomic E-state index is 4.68. The average Bonchev–Trinajstić information content (AvgIpc) is 1.68. The van der Waals surface area contributed by atoms with Crippen molar-refractivity contribution in [2.24, 2.45) is 10.9 Å². The molecule has 0 aliphatic rings. The zero-order chi connectivity index (χ0) is 5.70. The van der Waals surface area contributed by atoms with E-state index in [4.69, 9.17) is 0 Å². The summed E-state index contributed by atoms with van der Waals surface area (Å²) >= 11 is 0. The first-order chi connectivity index (χ1) is 3.31. The summed E-state index contributed by atoms with van der Waals surface area (Å²) in [5.74, 6) is 5.09. The summed E-state index contributed by atoms with van der Waals surface area (Å²) in [5.41, 5.74) is 0. The van der Waals surface area contributed by atoms with Crippen molar-refractivity contribution < 1.29 is 4.84 Å². The van der Waals surface area contributed by atoms with Crippen LogP contribution < -0.4 is 5.90 Å². The van der Waals surface area contributed by atoms with Crippen LogP contribution in [-0.4, -0.2) is 5.90 Å². The fourth-order valence-corrected chi connectivity index (χ4v) is 0.159. The normalized spacial score (nSPS) is 10.9. The molecule has 3 heteroatoms. The van der Waals surface area contributed by atoms with Crippen LogP contribution in [0.15, 0.2) is 17.8 Å². The maximum atomic E-state index is 4.68. The van der Waals surface area contributed by atoms with E-state index >= 15 is 0 Å². The molecule has 0 fully saturated rings. The minimum absolute atomic E-state index is 0.412. The lowest BCUT2D eigenvalue weighted by atomic mass is 10.8. The third-order valence-electron chi connectivity index (χ3n) is 0.444. The lowest BCUT2D eigenvalue weighted by molar-refractivity contribution is 0.318. The van der Waals surface area contributed by atoms with Crippen molar-refractivity contribution in [1.29, 1.82) is 0 Å². The molecule has 0 aliphatic heterocycles. The molecule has 7 heavy (non-hydrogen) atoms. The molecule has 0 bridgehead atoms. The number of hydrogen-bond donors (Lipinski definition) is 1. The van der Waals surface area contributed by atoms with Gasteiger partial charge >= 0.3 is 0 Å². The molecule has 0 aliphatic carbocycles. The number of aliphatic imine (C=N–C) groups is 1. The van der Waals surface area contributed by atoms with Crippen LogP contribution in [0.25, 0.3) is 0 Å². The molecular weight excluding hydrogens is 92.1 g/mol. The van der Waals surface area contributed by atoms with Gasteiger partial charge in [-0.2, -0.15) is 5.90 Å². The van der Waals surface area contributed by atoms with Crippen LogP contribution in [0.1, 0.15) is 6.92 Å². The van der Waals surface area contributed by atoms with E-state index in [0.29, 0.717) is 5.90 Å². The monoisotopic (exact) mass is 100 g/mol. The Hall–Kier alpha value is -0.830. The largest absolute Gasteiger partial charge is 0.396 e. The van der Waals surface area contributed by atoms with Gasteiger partial charge in [0.05, 0.1) is 0 Å². The zero-order valence-electron chi connectivity index (χ0n) is 4.22. The van der Waals surface area contributed by atoms with Crippen LogP contribution in [0.4, 0.5) is 0 Å². The first-order valence-corrected chi connectivity index (χ1v) is 1.83. The highest BCUT2D eigenvalue weighted by Crippen LogP contribution is 1.73. The van der Waals surface area contributed by atoms with Crippen molar-refractivity contribution in [3.05, 3.63) is 12.8 Å². The molecule has 0 aromatic carbocycles. The van der Waals surface area contributed by atoms with Gasteiger partial charge in [-0.1, -0.05) is 6.58 Å². The topological polar surface area (TPSA) is 47.6 Å². The molecule has 3 nitrogen and oxygen atoms in total. The van der Waals surface area contributed by atoms with Crippen LogP contribution in [0.3, 0.4) is 0 Å². The van der Waals surface area contributed by atoms with E-state index in [1.165, 1.54) is 6.20 Å². The molecule has 0 radical (unpaired) electrons. The minimum Gasteiger partial charge on any atom is -0.396 e. The molecule has 0 heterocycles. The fraction of sp³-hybridized carbons (Fsp3) is 0.250. The molecule has 0 saturated carbocycles. The molecule has 0 spiro atoms. The number of nitrogens with zero attached hydrogens (tertiary/aromatic N) is 1. The fourth-order valence-electron chi connectivity index (χ4n) is 0.159. The molecule has 0 atom stereocenters. The van der Waals surface area contributed by atoms with Crippen LogP contribution in [0, 0.1) is 0 Å². The zero-order valence-corrected chi connectivity index (χ0v) is 4.22. The molecular formula is C4H8N2O. The van der Waals surface area contributed by atoms with Crippen molar-refractivity contribution in [1.82, 2.24) is 0 Å². The van der Waals surface area contributed by atoms with E-state index in [9.17, 15) is 0 Å². The molecule has 0 rings (SSSR count). The Morgan fingerprint density at radius 1 is 2.00 bits per heavy atom. The highest BCUT2D eigenvalue weighted by Gasteiger charge is 1.77. The van der Waals surface area contributed by atoms with Crippen molar-refractivity contribution in [2.75, 3.05) is 0 Å². The summed E-state index contributed by atoms with van der Waals surface area (Å²) in [6.45, 7) is 4.97. The Morgan fingerprint density at radius 3 is 2.71 bits per heavy atom. The van der Waals surface area contributed by atoms with Gasteiger partial charge in [-0.3, -0.25) is 0 Å². The van der Waals surface area contributed by atoms with Gasteiger partial charge in [-0.05, 0) is 0 Å². The standard InChI is InChI=1S/C4H8N2O/c1-3-6-4(2)7-5/h3H,1,5H2,2H3/b6-4-. The molecule has 2 N–H and O–H groups in total. The lowest BCUT2D eigenvalue weighted by Crippen LogP contribution is -2.04. The van der Waals surface area contributed by atoms with Crippen LogP contribution in [0.5, 0.6) is 0 Å². The Bertz CT molecular complexity index is 87.7. The van der Waals surface area contributed by atoms with Gasteiger partial charge in [0.2, 0.25) is 5.90 Å². The van der Waals surface area contributed by atoms with Gasteiger partial charge in [-0.15, -0.1) is 0 Å². The summed E-state index contributed by atoms with van der Waals surface area (Å²) in [4.78, 5) is 7.75. The molecule has 0 unspecified atom stereocenters. The highest BCUT2D eigenvalue weighted by molar-refractivity contribution is 5.73. The molecule has 0 amide bonds. The van der Waals surface area contributed by atoms with Crippen LogP contribution >= 0.6 is 0 Å². The predicted octanol–water partition coefficient (Wildman–Crippen LogP) is 0.439. The SMILES string of the molecule is C=C/N=C(/C)ON. The summed E-state index contributed by atoms with van der Waals surface area (Å²) in [5, 5.41) is 0. The summed E-state index contributed by atoms with van der Waals surface area (Å²) < 4.78 is 0. The van der Waals surface area contributed by atoms with Gasteiger partial charge in [-0.25, -0.2) is 4.99 Å². The quantitative estimate of drug-likeness (QED) is 0.295. The first-order valence-electron chi connectivity index (χ1n) is 1.83. The molecule has 0 aromatic heterocycles. The van der Waals surface area contributed by atoms with Crippen molar-refractivity contribution >= 4 is 5.90 Å². The van der Waals surface area contributed by atoms with Crippen molar-refractivity contribution in [2.45, 2.75) is 6.92 Å². The highest BCUT2D eigenvalue weighted by atomic mass is 16.6. The average molecular weight is 100 g/mol. The van der Waals surface area contributed by atoms with E-state index < -0.39 is 0 Å². The van der Waals surface area contributed by atoms with Gasteiger partial charge in [0.25, 0.3) is 0 Å².